The van der Waals surface area contributed by atoms with E-state index in [2.05, 4.69) is 15.9 Å². The summed E-state index contributed by atoms with van der Waals surface area (Å²) < 4.78 is 13.3. The van der Waals surface area contributed by atoms with Crippen molar-refractivity contribution in [3.05, 3.63) is 58.1 Å². The van der Waals surface area contributed by atoms with E-state index >= 15 is 0 Å². The summed E-state index contributed by atoms with van der Waals surface area (Å²) in [6.45, 7) is 1.97. The fraction of sp³-hybridized carbons (Fsp3) is 0.143. The molecule has 0 spiro atoms. The molecule has 1 unspecified atom stereocenters. The Balaban J connectivity index is 2.30. The fourth-order valence-electron chi connectivity index (χ4n) is 1.75. The first-order chi connectivity index (χ1) is 8.59. The molecule has 0 fully saturated rings. The van der Waals surface area contributed by atoms with Gasteiger partial charge >= 0.3 is 0 Å². The van der Waals surface area contributed by atoms with Gasteiger partial charge in [0.05, 0.1) is 16.6 Å². The lowest BCUT2D eigenvalue weighted by Gasteiger charge is -2.09. The molecule has 0 aliphatic carbocycles. The van der Waals surface area contributed by atoms with Gasteiger partial charge in [0.1, 0.15) is 0 Å². The number of aryl methyl sites for hydroxylation is 1. The predicted molar refractivity (Wildman–Crippen MR) is 79.8 cm³/mol. The van der Waals surface area contributed by atoms with Crippen molar-refractivity contribution in [1.29, 1.82) is 0 Å². The minimum absolute atomic E-state index is 0.429. The lowest BCUT2D eigenvalue weighted by atomic mass is 10.2. The van der Waals surface area contributed by atoms with Crippen LogP contribution in [-0.2, 0) is 16.6 Å². The van der Waals surface area contributed by atoms with Crippen molar-refractivity contribution in [2.75, 3.05) is 5.73 Å². The Kier molecular flexibility index (Phi) is 4.19. The van der Waals surface area contributed by atoms with Gasteiger partial charge in [-0.2, -0.15) is 0 Å². The third kappa shape index (κ3) is 2.82. The summed E-state index contributed by atoms with van der Waals surface area (Å²) in [7, 11) is -1.08. The van der Waals surface area contributed by atoms with Crippen molar-refractivity contribution in [3.8, 4) is 0 Å². The van der Waals surface area contributed by atoms with Crippen molar-refractivity contribution in [3.63, 3.8) is 0 Å². The van der Waals surface area contributed by atoms with Crippen molar-refractivity contribution in [1.82, 2.24) is 0 Å². The maximum Gasteiger partial charge on any atom is 0.0578 e. The van der Waals surface area contributed by atoms with E-state index in [0.717, 1.165) is 20.5 Å². The van der Waals surface area contributed by atoms with Crippen molar-refractivity contribution in [2.24, 2.45) is 0 Å². The van der Waals surface area contributed by atoms with Crippen LogP contribution in [0.3, 0.4) is 0 Å². The van der Waals surface area contributed by atoms with Crippen LogP contribution in [0.5, 0.6) is 0 Å². The van der Waals surface area contributed by atoms with E-state index in [0.29, 0.717) is 11.4 Å². The molecule has 0 saturated heterocycles. The first kappa shape index (κ1) is 13.3. The molecule has 2 rings (SSSR count). The highest BCUT2D eigenvalue weighted by atomic mass is 79.9. The topological polar surface area (TPSA) is 43.1 Å². The van der Waals surface area contributed by atoms with E-state index < -0.39 is 10.8 Å². The number of rotatable bonds is 3. The molecule has 0 aliphatic rings. The highest BCUT2D eigenvalue weighted by Gasteiger charge is 2.11. The molecule has 0 heterocycles. The minimum atomic E-state index is -1.08. The Morgan fingerprint density at radius 3 is 2.56 bits per heavy atom. The summed E-state index contributed by atoms with van der Waals surface area (Å²) in [6.07, 6.45) is 0. The van der Waals surface area contributed by atoms with Crippen LogP contribution in [-0.4, -0.2) is 4.21 Å². The summed E-state index contributed by atoms with van der Waals surface area (Å²) in [4.78, 5) is 0.868. The SMILES string of the molecule is Cc1ccccc1S(=O)Cc1c(N)cccc1Br. The molecule has 2 aromatic rings. The monoisotopic (exact) mass is 323 g/mol. The molecule has 2 aromatic carbocycles. The van der Waals surface area contributed by atoms with E-state index in [4.69, 9.17) is 5.73 Å². The van der Waals surface area contributed by atoms with Crippen LogP contribution in [0.25, 0.3) is 0 Å². The number of hydrogen-bond donors (Lipinski definition) is 1. The zero-order chi connectivity index (χ0) is 13.1. The van der Waals surface area contributed by atoms with Gasteiger partial charge in [0.2, 0.25) is 0 Å². The first-order valence-electron chi connectivity index (χ1n) is 5.56. The van der Waals surface area contributed by atoms with Crippen LogP contribution in [0.4, 0.5) is 5.69 Å². The maximum absolute atomic E-state index is 12.4. The van der Waals surface area contributed by atoms with Crippen LogP contribution >= 0.6 is 15.9 Å². The molecule has 0 aliphatic heterocycles. The third-order valence-electron chi connectivity index (χ3n) is 2.77. The summed E-state index contributed by atoms with van der Waals surface area (Å²) >= 11 is 3.45. The fourth-order valence-corrected chi connectivity index (χ4v) is 3.85. The van der Waals surface area contributed by atoms with Gasteiger partial charge in [0.15, 0.2) is 0 Å². The molecular weight excluding hydrogens is 310 g/mol. The number of halogens is 1. The van der Waals surface area contributed by atoms with Crippen LogP contribution in [0.15, 0.2) is 51.8 Å². The first-order valence-corrected chi connectivity index (χ1v) is 7.67. The Morgan fingerprint density at radius 2 is 1.89 bits per heavy atom. The van der Waals surface area contributed by atoms with Gasteiger partial charge in [-0.3, -0.25) is 4.21 Å². The minimum Gasteiger partial charge on any atom is -0.398 e. The van der Waals surface area contributed by atoms with E-state index in [1.54, 1.807) is 0 Å². The van der Waals surface area contributed by atoms with Crippen LogP contribution in [0, 0.1) is 6.92 Å². The maximum atomic E-state index is 12.4. The summed E-state index contributed by atoms with van der Waals surface area (Å²) in [5.41, 5.74) is 8.54. The molecule has 0 aromatic heterocycles. The second kappa shape index (κ2) is 5.67. The zero-order valence-corrected chi connectivity index (χ0v) is 12.4. The summed E-state index contributed by atoms with van der Waals surface area (Å²) in [6, 6.07) is 13.3. The molecule has 94 valence electrons. The Labute approximate surface area is 118 Å². The normalized spacial score (nSPS) is 12.3. The number of anilines is 1. The highest BCUT2D eigenvalue weighted by Crippen LogP contribution is 2.26. The Hall–Kier alpha value is -1.13. The predicted octanol–water partition coefficient (Wildman–Crippen LogP) is 3.65. The van der Waals surface area contributed by atoms with Crippen molar-refractivity contribution in [2.45, 2.75) is 17.6 Å². The third-order valence-corrected chi connectivity index (χ3v) is 5.01. The average molecular weight is 324 g/mol. The Morgan fingerprint density at radius 1 is 1.17 bits per heavy atom. The van der Waals surface area contributed by atoms with E-state index in [9.17, 15) is 4.21 Å². The number of nitrogens with two attached hydrogens (primary N) is 1. The van der Waals surface area contributed by atoms with E-state index in [1.165, 1.54) is 0 Å². The number of nitrogen functional groups attached to an aromatic ring is 1. The van der Waals surface area contributed by atoms with Gasteiger partial charge in [-0.15, -0.1) is 0 Å². The smallest absolute Gasteiger partial charge is 0.0578 e. The molecule has 2 nitrogen and oxygen atoms in total. The molecule has 18 heavy (non-hydrogen) atoms. The van der Waals surface area contributed by atoms with Crippen molar-refractivity contribution >= 4 is 32.4 Å². The summed E-state index contributed by atoms with van der Waals surface area (Å²) in [5, 5.41) is 0. The van der Waals surface area contributed by atoms with Gasteiger partial charge in [-0.1, -0.05) is 40.2 Å². The van der Waals surface area contributed by atoms with Crippen LogP contribution in [0.2, 0.25) is 0 Å². The van der Waals surface area contributed by atoms with Gasteiger partial charge in [0, 0.05) is 20.6 Å². The molecule has 0 saturated carbocycles. The standard InChI is InChI=1S/C14H14BrNOS/c1-10-5-2-3-8-14(10)18(17)9-11-12(15)6-4-7-13(11)16/h2-8H,9,16H2,1H3. The molecule has 0 amide bonds. The van der Waals surface area contributed by atoms with Crippen molar-refractivity contribution < 1.29 is 4.21 Å². The lowest BCUT2D eigenvalue weighted by Crippen LogP contribution is -2.02. The zero-order valence-electron chi connectivity index (χ0n) is 10.0. The van der Waals surface area contributed by atoms with Crippen LogP contribution in [0.1, 0.15) is 11.1 Å². The average Bonchev–Trinajstić information content (AvgIpc) is 2.34. The highest BCUT2D eigenvalue weighted by molar-refractivity contribution is 9.10. The second-order valence-electron chi connectivity index (χ2n) is 4.06. The number of benzene rings is 2. The van der Waals surface area contributed by atoms with Gasteiger partial charge < -0.3 is 5.73 Å². The van der Waals surface area contributed by atoms with Gasteiger partial charge in [-0.05, 0) is 30.7 Å². The molecule has 4 heteroatoms. The quantitative estimate of drug-likeness (QED) is 0.876. The summed E-state index contributed by atoms with van der Waals surface area (Å²) in [5.74, 6) is 0.429. The van der Waals surface area contributed by atoms with E-state index in [1.807, 2.05) is 49.4 Å². The second-order valence-corrected chi connectivity index (χ2v) is 6.34. The molecule has 0 radical (unpaired) electrons. The molecule has 2 N–H and O–H groups in total. The Bertz CT molecular complexity index is 578. The molecular formula is C14H14BrNOS. The van der Waals surface area contributed by atoms with Crippen LogP contribution < -0.4 is 5.73 Å². The largest absolute Gasteiger partial charge is 0.398 e. The lowest BCUT2D eigenvalue weighted by molar-refractivity contribution is 0.682. The van der Waals surface area contributed by atoms with Gasteiger partial charge in [0.25, 0.3) is 0 Å². The van der Waals surface area contributed by atoms with E-state index in [-0.39, 0.29) is 0 Å². The van der Waals surface area contributed by atoms with Gasteiger partial charge in [-0.25, -0.2) is 0 Å². The molecule has 0 bridgehead atoms. The molecule has 1 atom stereocenters. The number of hydrogen-bond acceptors (Lipinski definition) is 2.